The largest absolute Gasteiger partial charge is 0.290 e. The Morgan fingerprint density at radius 1 is 1.22 bits per heavy atom. The van der Waals surface area contributed by atoms with Gasteiger partial charge in [-0.3, -0.25) is 10.2 Å². The number of amides is 1. The molecule has 92 valence electrons. The smallest absolute Gasteiger partial charge is 0.265 e. The number of nitrogens with one attached hydrogen (secondary N) is 1. The zero-order chi connectivity index (χ0) is 12.8. The van der Waals surface area contributed by atoms with Gasteiger partial charge in [-0.25, -0.2) is 10.8 Å². The van der Waals surface area contributed by atoms with E-state index in [0.29, 0.717) is 11.3 Å². The van der Waals surface area contributed by atoms with E-state index in [1.165, 1.54) is 0 Å². The number of aromatic nitrogens is 1. The highest BCUT2D eigenvalue weighted by molar-refractivity contribution is 7.98. The standard InChI is InChI=1S/C13H13N3OS/c14-16-13(17)11-6-2-1-5-10(11)9-18-12-7-3-4-8-15-12/h1-8H,9,14H2,(H,16,17). The van der Waals surface area contributed by atoms with Crippen LogP contribution in [0.2, 0.25) is 0 Å². The van der Waals surface area contributed by atoms with Crippen molar-refractivity contribution in [3.05, 3.63) is 59.8 Å². The normalized spacial score (nSPS) is 10.1. The molecular weight excluding hydrogens is 246 g/mol. The minimum Gasteiger partial charge on any atom is -0.290 e. The lowest BCUT2D eigenvalue weighted by atomic mass is 10.1. The van der Waals surface area contributed by atoms with E-state index in [-0.39, 0.29) is 5.91 Å². The molecule has 0 unspecified atom stereocenters. The highest BCUT2D eigenvalue weighted by Gasteiger charge is 2.09. The third-order valence-corrected chi connectivity index (χ3v) is 3.40. The first-order valence-electron chi connectivity index (χ1n) is 5.44. The van der Waals surface area contributed by atoms with Crippen LogP contribution in [-0.2, 0) is 5.75 Å². The predicted octanol–water partition coefficient (Wildman–Crippen LogP) is 1.98. The molecule has 0 saturated heterocycles. The van der Waals surface area contributed by atoms with Gasteiger partial charge in [0, 0.05) is 17.5 Å². The van der Waals surface area contributed by atoms with Crippen LogP contribution in [0, 0.1) is 0 Å². The van der Waals surface area contributed by atoms with Crippen molar-refractivity contribution in [3.8, 4) is 0 Å². The third kappa shape index (κ3) is 3.09. The van der Waals surface area contributed by atoms with Crippen LogP contribution in [-0.4, -0.2) is 10.9 Å². The van der Waals surface area contributed by atoms with Gasteiger partial charge in [-0.05, 0) is 23.8 Å². The van der Waals surface area contributed by atoms with Gasteiger partial charge in [-0.1, -0.05) is 24.3 Å². The second-order valence-electron chi connectivity index (χ2n) is 3.59. The number of carbonyl (C=O) groups excluding carboxylic acids is 1. The van der Waals surface area contributed by atoms with Gasteiger partial charge in [-0.15, -0.1) is 11.8 Å². The number of thioether (sulfide) groups is 1. The lowest BCUT2D eigenvalue weighted by molar-refractivity contribution is 0.0953. The molecule has 1 amide bonds. The van der Waals surface area contributed by atoms with Crippen LogP contribution in [0.15, 0.2) is 53.7 Å². The van der Waals surface area contributed by atoms with E-state index in [4.69, 9.17) is 5.84 Å². The summed E-state index contributed by atoms with van der Waals surface area (Å²) in [6.45, 7) is 0. The second-order valence-corrected chi connectivity index (χ2v) is 4.58. The number of hydrogen-bond acceptors (Lipinski definition) is 4. The quantitative estimate of drug-likeness (QED) is 0.381. The SMILES string of the molecule is NNC(=O)c1ccccc1CSc1ccccn1. The fourth-order valence-corrected chi connectivity index (χ4v) is 2.39. The second kappa shape index (κ2) is 6.18. The van der Waals surface area contributed by atoms with Gasteiger partial charge in [-0.2, -0.15) is 0 Å². The van der Waals surface area contributed by atoms with E-state index in [1.807, 2.05) is 36.4 Å². The molecule has 0 bridgehead atoms. The van der Waals surface area contributed by atoms with Gasteiger partial charge in [0.05, 0.1) is 5.03 Å². The molecule has 5 heteroatoms. The molecule has 1 heterocycles. The van der Waals surface area contributed by atoms with Crippen molar-refractivity contribution in [2.75, 3.05) is 0 Å². The van der Waals surface area contributed by atoms with Crippen LogP contribution in [0.3, 0.4) is 0 Å². The number of hydrogen-bond donors (Lipinski definition) is 2. The molecule has 0 saturated carbocycles. The topological polar surface area (TPSA) is 68.0 Å². The van der Waals surface area contributed by atoms with Crippen molar-refractivity contribution in [1.29, 1.82) is 0 Å². The molecule has 0 aliphatic rings. The average molecular weight is 259 g/mol. The van der Waals surface area contributed by atoms with Gasteiger partial charge in [0.1, 0.15) is 0 Å². The van der Waals surface area contributed by atoms with Crippen molar-refractivity contribution < 1.29 is 4.79 Å². The molecule has 0 aliphatic carbocycles. The van der Waals surface area contributed by atoms with Crippen LogP contribution in [0.5, 0.6) is 0 Å². The zero-order valence-corrected chi connectivity index (χ0v) is 10.5. The molecule has 0 spiro atoms. The predicted molar refractivity (Wildman–Crippen MR) is 71.9 cm³/mol. The molecule has 18 heavy (non-hydrogen) atoms. The maximum atomic E-state index is 11.6. The van der Waals surface area contributed by atoms with Gasteiger partial charge in [0.15, 0.2) is 0 Å². The maximum absolute atomic E-state index is 11.6. The Morgan fingerprint density at radius 3 is 2.72 bits per heavy atom. The maximum Gasteiger partial charge on any atom is 0.265 e. The van der Waals surface area contributed by atoms with E-state index < -0.39 is 0 Å². The number of pyridine rings is 1. The summed E-state index contributed by atoms with van der Waals surface area (Å²) in [5, 5.41) is 0.931. The van der Waals surface area contributed by atoms with E-state index in [0.717, 1.165) is 10.6 Å². The summed E-state index contributed by atoms with van der Waals surface area (Å²) in [5.41, 5.74) is 3.70. The molecule has 2 aromatic rings. The first kappa shape index (κ1) is 12.6. The number of nitrogens with zero attached hydrogens (tertiary/aromatic N) is 1. The van der Waals surface area contributed by atoms with Crippen molar-refractivity contribution >= 4 is 17.7 Å². The van der Waals surface area contributed by atoms with Crippen LogP contribution in [0.4, 0.5) is 0 Å². The molecular formula is C13H13N3OS. The van der Waals surface area contributed by atoms with Crippen LogP contribution >= 0.6 is 11.8 Å². The molecule has 0 atom stereocenters. The summed E-state index contributed by atoms with van der Waals surface area (Å²) >= 11 is 1.58. The minimum atomic E-state index is -0.271. The Morgan fingerprint density at radius 2 is 2.00 bits per heavy atom. The Hall–Kier alpha value is -1.85. The molecule has 1 aromatic heterocycles. The highest BCUT2D eigenvalue weighted by Crippen LogP contribution is 2.22. The summed E-state index contributed by atoms with van der Waals surface area (Å²) in [7, 11) is 0. The summed E-state index contributed by atoms with van der Waals surface area (Å²) in [6.07, 6.45) is 1.75. The highest BCUT2D eigenvalue weighted by atomic mass is 32.2. The van der Waals surface area contributed by atoms with E-state index in [1.54, 1.807) is 24.0 Å². The fraction of sp³-hybridized carbons (Fsp3) is 0.0769. The van der Waals surface area contributed by atoms with Crippen molar-refractivity contribution in [3.63, 3.8) is 0 Å². The number of nitrogen functional groups attached to an aromatic ring is 1. The lowest BCUT2D eigenvalue weighted by Crippen LogP contribution is -2.30. The minimum absolute atomic E-state index is 0.271. The molecule has 4 nitrogen and oxygen atoms in total. The summed E-state index contributed by atoms with van der Waals surface area (Å²) in [6, 6.07) is 13.2. The first-order valence-corrected chi connectivity index (χ1v) is 6.42. The van der Waals surface area contributed by atoms with E-state index in [2.05, 4.69) is 10.4 Å². The van der Waals surface area contributed by atoms with Gasteiger partial charge < -0.3 is 0 Å². The molecule has 0 fully saturated rings. The van der Waals surface area contributed by atoms with Crippen LogP contribution in [0.1, 0.15) is 15.9 Å². The molecule has 0 aliphatic heterocycles. The lowest BCUT2D eigenvalue weighted by Gasteiger charge is -2.07. The fourth-order valence-electron chi connectivity index (χ4n) is 1.53. The monoisotopic (exact) mass is 259 g/mol. The Bertz CT molecular complexity index is 531. The number of nitrogens with two attached hydrogens (primary N) is 1. The summed E-state index contributed by atoms with van der Waals surface area (Å²) in [4.78, 5) is 15.8. The molecule has 3 N–H and O–H groups in total. The van der Waals surface area contributed by atoms with E-state index >= 15 is 0 Å². The average Bonchev–Trinajstić information content (AvgIpc) is 2.45. The Kier molecular flexibility index (Phi) is 4.33. The number of rotatable bonds is 4. The third-order valence-electron chi connectivity index (χ3n) is 2.41. The number of hydrazine groups is 1. The molecule has 1 aromatic carbocycles. The van der Waals surface area contributed by atoms with E-state index in [9.17, 15) is 4.79 Å². The van der Waals surface area contributed by atoms with Crippen LogP contribution < -0.4 is 11.3 Å². The number of carbonyl (C=O) groups is 1. The van der Waals surface area contributed by atoms with Gasteiger partial charge in [0.25, 0.3) is 5.91 Å². The van der Waals surface area contributed by atoms with Crippen LogP contribution in [0.25, 0.3) is 0 Å². The van der Waals surface area contributed by atoms with Gasteiger partial charge >= 0.3 is 0 Å². The van der Waals surface area contributed by atoms with Crippen molar-refractivity contribution in [2.24, 2.45) is 5.84 Å². The Balaban J connectivity index is 2.12. The molecule has 0 radical (unpaired) electrons. The first-order chi connectivity index (χ1) is 8.81. The van der Waals surface area contributed by atoms with Gasteiger partial charge in [0.2, 0.25) is 0 Å². The summed E-state index contributed by atoms with van der Waals surface area (Å²) < 4.78 is 0. The molecule has 2 rings (SSSR count). The van der Waals surface area contributed by atoms with Crippen molar-refractivity contribution in [2.45, 2.75) is 10.8 Å². The summed E-state index contributed by atoms with van der Waals surface area (Å²) in [5.74, 6) is 5.57. The zero-order valence-electron chi connectivity index (χ0n) is 9.67. The van der Waals surface area contributed by atoms with Crippen molar-refractivity contribution in [1.82, 2.24) is 10.4 Å². The Labute approximate surface area is 110 Å². The number of benzene rings is 1.